The highest BCUT2D eigenvalue weighted by atomic mass is 16.5. The number of rotatable bonds is 6. The molecule has 112 valence electrons. The van der Waals surface area contributed by atoms with Crippen LogP contribution in [0.3, 0.4) is 0 Å². The van der Waals surface area contributed by atoms with Crippen LogP contribution in [-0.2, 0) is 0 Å². The molecule has 2 unspecified atom stereocenters. The van der Waals surface area contributed by atoms with Crippen molar-refractivity contribution in [1.82, 2.24) is 0 Å². The van der Waals surface area contributed by atoms with Crippen LogP contribution in [0, 0.1) is 5.92 Å². The average molecular weight is 279 g/mol. The number of ether oxygens (including phenoxy) is 2. The van der Waals surface area contributed by atoms with E-state index in [0.717, 1.165) is 37.4 Å². The molecule has 4 nitrogen and oxygen atoms in total. The van der Waals surface area contributed by atoms with Gasteiger partial charge in [-0.25, -0.2) is 0 Å². The van der Waals surface area contributed by atoms with Crippen molar-refractivity contribution >= 4 is 5.69 Å². The van der Waals surface area contributed by atoms with Crippen molar-refractivity contribution in [3.8, 4) is 11.5 Å². The fourth-order valence-electron chi connectivity index (χ4n) is 2.80. The lowest BCUT2D eigenvalue weighted by Gasteiger charge is -2.20. The standard InChI is InChI=1S/C16H25NO3/c1-12(18)4-5-13-8-9-17(11-13)14-6-7-15(19-2)16(10-14)20-3/h6-7,10,12-13,18H,4-5,8-9,11H2,1-3H3. The van der Waals surface area contributed by atoms with E-state index >= 15 is 0 Å². The van der Waals surface area contributed by atoms with E-state index in [9.17, 15) is 5.11 Å². The van der Waals surface area contributed by atoms with Gasteiger partial charge in [0.25, 0.3) is 0 Å². The van der Waals surface area contributed by atoms with Gasteiger partial charge in [0.1, 0.15) is 0 Å². The number of anilines is 1. The first-order chi connectivity index (χ1) is 9.63. The van der Waals surface area contributed by atoms with Crippen LogP contribution in [0.1, 0.15) is 26.2 Å². The lowest BCUT2D eigenvalue weighted by Crippen LogP contribution is -2.20. The van der Waals surface area contributed by atoms with Crippen molar-refractivity contribution < 1.29 is 14.6 Å². The lowest BCUT2D eigenvalue weighted by molar-refractivity contribution is 0.175. The van der Waals surface area contributed by atoms with Gasteiger partial charge in [0, 0.05) is 24.8 Å². The van der Waals surface area contributed by atoms with Gasteiger partial charge >= 0.3 is 0 Å². The highest BCUT2D eigenvalue weighted by Crippen LogP contribution is 2.34. The molecule has 1 aliphatic rings. The first-order valence-corrected chi connectivity index (χ1v) is 7.29. The molecule has 2 rings (SSSR count). The van der Waals surface area contributed by atoms with E-state index in [1.807, 2.05) is 19.1 Å². The topological polar surface area (TPSA) is 41.9 Å². The first kappa shape index (κ1) is 15.0. The second-order valence-electron chi connectivity index (χ2n) is 5.57. The zero-order valence-corrected chi connectivity index (χ0v) is 12.6. The summed E-state index contributed by atoms with van der Waals surface area (Å²) in [5, 5.41) is 9.38. The molecule has 0 bridgehead atoms. The van der Waals surface area contributed by atoms with Gasteiger partial charge in [0.15, 0.2) is 11.5 Å². The van der Waals surface area contributed by atoms with Crippen LogP contribution in [0.4, 0.5) is 5.69 Å². The first-order valence-electron chi connectivity index (χ1n) is 7.29. The molecule has 20 heavy (non-hydrogen) atoms. The normalized spacial score (nSPS) is 20.0. The molecule has 1 aliphatic heterocycles. The summed E-state index contributed by atoms with van der Waals surface area (Å²) < 4.78 is 10.6. The van der Waals surface area contributed by atoms with Gasteiger partial charge in [-0.2, -0.15) is 0 Å². The Balaban J connectivity index is 1.99. The van der Waals surface area contributed by atoms with Crippen molar-refractivity contribution in [1.29, 1.82) is 0 Å². The van der Waals surface area contributed by atoms with E-state index in [-0.39, 0.29) is 6.10 Å². The van der Waals surface area contributed by atoms with E-state index in [1.54, 1.807) is 14.2 Å². The number of hydrogen-bond acceptors (Lipinski definition) is 4. The molecule has 1 saturated heterocycles. The maximum Gasteiger partial charge on any atom is 0.162 e. The van der Waals surface area contributed by atoms with Gasteiger partial charge in [0.05, 0.1) is 20.3 Å². The SMILES string of the molecule is COc1ccc(N2CCC(CCC(C)O)C2)cc1OC. The smallest absolute Gasteiger partial charge is 0.162 e. The van der Waals surface area contributed by atoms with Gasteiger partial charge in [0.2, 0.25) is 0 Å². The molecule has 4 heteroatoms. The maximum absolute atomic E-state index is 9.38. The average Bonchev–Trinajstić information content (AvgIpc) is 2.93. The number of methoxy groups -OCH3 is 2. The van der Waals surface area contributed by atoms with Crippen LogP contribution < -0.4 is 14.4 Å². The third kappa shape index (κ3) is 3.57. The van der Waals surface area contributed by atoms with Crippen LogP contribution >= 0.6 is 0 Å². The predicted octanol–water partition coefficient (Wildman–Crippen LogP) is 2.69. The Kier molecular flexibility index (Phi) is 5.12. The van der Waals surface area contributed by atoms with Crippen molar-refractivity contribution in [2.24, 2.45) is 5.92 Å². The van der Waals surface area contributed by atoms with Gasteiger partial charge in [-0.05, 0) is 44.2 Å². The molecule has 2 atom stereocenters. The molecule has 0 aliphatic carbocycles. The number of hydrogen-bond donors (Lipinski definition) is 1. The van der Waals surface area contributed by atoms with E-state index in [1.165, 1.54) is 12.1 Å². The highest BCUT2D eigenvalue weighted by molar-refractivity contribution is 5.56. The number of nitrogens with zero attached hydrogens (tertiary/aromatic N) is 1. The molecule has 1 heterocycles. The Morgan fingerprint density at radius 2 is 2.05 bits per heavy atom. The molecule has 0 saturated carbocycles. The molecular weight excluding hydrogens is 254 g/mol. The zero-order chi connectivity index (χ0) is 14.5. The summed E-state index contributed by atoms with van der Waals surface area (Å²) in [7, 11) is 3.32. The number of aliphatic hydroxyl groups is 1. The van der Waals surface area contributed by atoms with E-state index < -0.39 is 0 Å². The van der Waals surface area contributed by atoms with Gasteiger partial charge in [-0.15, -0.1) is 0 Å². The van der Waals surface area contributed by atoms with E-state index in [4.69, 9.17) is 9.47 Å². The number of aliphatic hydroxyl groups excluding tert-OH is 1. The second-order valence-corrected chi connectivity index (χ2v) is 5.57. The number of benzene rings is 1. The second kappa shape index (κ2) is 6.84. The van der Waals surface area contributed by atoms with Crippen molar-refractivity contribution in [3.63, 3.8) is 0 Å². The fraction of sp³-hybridized carbons (Fsp3) is 0.625. The Hall–Kier alpha value is -1.42. The summed E-state index contributed by atoms with van der Waals surface area (Å²) in [6, 6.07) is 6.07. The summed E-state index contributed by atoms with van der Waals surface area (Å²) >= 11 is 0. The Morgan fingerprint density at radius 3 is 2.70 bits per heavy atom. The molecule has 0 amide bonds. The molecular formula is C16H25NO3. The fourth-order valence-corrected chi connectivity index (χ4v) is 2.80. The lowest BCUT2D eigenvalue weighted by atomic mass is 10.0. The minimum absolute atomic E-state index is 0.190. The van der Waals surface area contributed by atoms with Crippen LogP contribution in [0.5, 0.6) is 11.5 Å². The summed E-state index contributed by atoms with van der Waals surface area (Å²) in [4.78, 5) is 2.38. The quantitative estimate of drug-likeness (QED) is 0.869. The molecule has 1 aromatic carbocycles. The van der Waals surface area contributed by atoms with Crippen molar-refractivity contribution in [3.05, 3.63) is 18.2 Å². The molecule has 1 N–H and O–H groups in total. The molecule has 0 spiro atoms. The summed E-state index contributed by atoms with van der Waals surface area (Å²) in [5.41, 5.74) is 1.18. The van der Waals surface area contributed by atoms with Gasteiger partial charge in [-0.1, -0.05) is 0 Å². The van der Waals surface area contributed by atoms with Crippen LogP contribution in [0.15, 0.2) is 18.2 Å². The summed E-state index contributed by atoms with van der Waals surface area (Å²) in [6.45, 7) is 3.99. The maximum atomic E-state index is 9.38. The van der Waals surface area contributed by atoms with Crippen LogP contribution in [0.2, 0.25) is 0 Å². The monoisotopic (exact) mass is 279 g/mol. The van der Waals surface area contributed by atoms with Crippen molar-refractivity contribution in [2.45, 2.75) is 32.3 Å². The van der Waals surface area contributed by atoms with E-state index in [2.05, 4.69) is 11.0 Å². The van der Waals surface area contributed by atoms with Crippen LogP contribution in [-0.4, -0.2) is 38.5 Å². The largest absolute Gasteiger partial charge is 0.493 e. The third-order valence-electron chi connectivity index (χ3n) is 4.01. The predicted molar refractivity (Wildman–Crippen MR) is 80.8 cm³/mol. The Labute approximate surface area is 121 Å². The minimum Gasteiger partial charge on any atom is -0.493 e. The van der Waals surface area contributed by atoms with Gasteiger partial charge < -0.3 is 19.5 Å². The van der Waals surface area contributed by atoms with Crippen LogP contribution in [0.25, 0.3) is 0 Å². The van der Waals surface area contributed by atoms with Gasteiger partial charge in [-0.3, -0.25) is 0 Å². The molecule has 1 fully saturated rings. The Bertz CT molecular complexity index is 434. The zero-order valence-electron chi connectivity index (χ0n) is 12.6. The minimum atomic E-state index is -0.190. The van der Waals surface area contributed by atoms with E-state index in [0.29, 0.717) is 5.92 Å². The molecule has 0 radical (unpaired) electrons. The summed E-state index contributed by atoms with van der Waals surface area (Å²) in [5.74, 6) is 2.22. The van der Waals surface area contributed by atoms with Crippen molar-refractivity contribution in [2.75, 3.05) is 32.2 Å². The molecule has 0 aromatic heterocycles. The molecule has 1 aromatic rings. The highest BCUT2D eigenvalue weighted by Gasteiger charge is 2.23. The third-order valence-corrected chi connectivity index (χ3v) is 4.01. The summed E-state index contributed by atoms with van der Waals surface area (Å²) in [6.07, 6.45) is 3.00. The Morgan fingerprint density at radius 1 is 1.30 bits per heavy atom.